The van der Waals surface area contributed by atoms with Crippen molar-refractivity contribution in [3.05, 3.63) is 54.2 Å². The second kappa shape index (κ2) is 3.76. The summed E-state index contributed by atoms with van der Waals surface area (Å²) in [6.07, 6.45) is 1.79. The van der Waals surface area contributed by atoms with Crippen LogP contribution < -0.4 is 0 Å². The van der Waals surface area contributed by atoms with E-state index < -0.39 is 0 Å². The number of aromatic amines is 1. The van der Waals surface area contributed by atoms with Gasteiger partial charge in [-0.15, -0.1) is 0 Å². The minimum Gasteiger partial charge on any atom is -0.278 e. The zero-order chi connectivity index (χ0) is 11.7. The molecule has 3 nitrogen and oxygen atoms in total. The van der Waals surface area contributed by atoms with Crippen molar-refractivity contribution < 1.29 is 0 Å². The molecular weight excluding hydrogens is 210 g/mol. The van der Waals surface area contributed by atoms with Crippen molar-refractivity contribution in [3.8, 4) is 17.2 Å². The smallest absolute Gasteiger partial charge is 0.0998 e. The third kappa shape index (κ3) is 1.56. The molecule has 1 N–H and O–H groups in total. The number of benzene rings is 2. The predicted molar refractivity (Wildman–Crippen MR) is 66.2 cm³/mol. The van der Waals surface area contributed by atoms with Gasteiger partial charge in [-0.05, 0) is 29.3 Å². The average molecular weight is 219 g/mol. The van der Waals surface area contributed by atoms with Gasteiger partial charge in [0.25, 0.3) is 0 Å². The van der Waals surface area contributed by atoms with Gasteiger partial charge in [-0.25, -0.2) is 0 Å². The van der Waals surface area contributed by atoms with Crippen LogP contribution in [0.3, 0.4) is 0 Å². The average Bonchev–Trinajstić information content (AvgIpc) is 2.85. The lowest BCUT2D eigenvalue weighted by atomic mass is 9.99. The van der Waals surface area contributed by atoms with Gasteiger partial charge in [0, 0.05) is 5.39 Å². The van der Waals surface area contributed by atoms with E-state index in [1.807, 2.05) is 42.5 Å². The second-order valence-electron chi connectivity index (χ2n) is 3.83. The van der Waals surface area contributed by atoms with E-state index in [-0.39, 0.29) is 0 Å². The monoisotopic (exact) mass is 219 g/mol. The minimum atomic E-state index is 0.690. The van der Waals surface area contributed by atoms with Crippen LogP contribution in [-0.4, -0.2) is 10.2 Å². The van der Waals surface area contributed by atoms with Crippen molar-refractivity contribution >= 4 is 10.9 Å². The van der Waals surface area contributed by atoms with Crippen LogP contribution in [-0.2, 0) is 0 Å². The van der Waals surface area contributed by atoms with E-state index in [2.05, 4.69) is 16.3 Å². The third-order valence-corrected chi connectivity index (χ3v) is 2.80. The Labute approximate surface area is 98.3 Å². The molecule has 0 radical (unpaired) electrons. The number of hydrogen-bond acceptors (Lipinski definition) is 2. The van der Waals surface area contributed by atoms with Gasteiger partial charge < -0.3 is 0 Å². The van der Waals surface area contributed by atoms with Gasteiger partial charge >= 0.3 is 0 Å². The van der Waals surface area contributed by atoms with E-state index in [4.69, 9.17) is 5.26 Å². The first-order valence-corrected chi connectivity index (χ1v) is 5.31. The second-order valence-corrected chi connectivity index (χ2v) is 3.83. The Morgan fingerprint density at radius 1 is 1.12 bits per heavy atom. The topological polar surface area (TPSA) is 52.5 Å². The Bertz CT molecular complexity index is 719. The highest BCUT2D eigenvalue weighted by atomic mass is 15.1. The van der Waals surface area contributed by atoms with Crippen LogP contribution in [0.2, 0.25) is 0 Å². The maximum absolute atomic E-state index is 9.08. The van der Waals surface area contributed by atoms with Crippen LogP contribution in [0.5, 0.6) is 0 Å². The SMILES string of the molecule is N#Cc1ccccc1-c1ccc2[nH]ncc2c1. The maximum atomic E-state index is 9.08. The summed E-state index contributed by atoms with van der Waals surface area (Å²) in [5, 5.41) is 17.0. The molecule has 0 saturated carbocycles. The van der Waals surface area contributed by atoms with Crippen molar-refractivity contribution in [2.45, 2.75) is 0 Å². The zero-order valence-corrected chi connectivity index (χ0v) is 9.01. The molecule has 0 amide bonds. The molecule has 1 heterocycles. The fourth-order valence-corrected chi connectivity index (χ4v) is 1.94. The molecule has 3 aromatic rings. The van der Waals surface area contributed by atoms with Crippen LogP contribution in [0.1, 0.15) is 5.56 Å². The Kier molecular flexibility index (Phi) is 2.13. The lowest BCUT2D eigenvalue weighted by Gasteiger charge is -2.03. The van der Waals surface area contributed by atoms with E-state index in [0.717, 1.165) is 22.0 Å². The largest absolute Gasteiger partial charge is 0.278 e. The van der Waals surface area contributed by atoms with Gasteiger partial charge in [0.05, 0.1) is 23.3 Å². The highest BCUT2D eigenvalue weighted by Gasteiger charge is 2.05. The standard InChI is InChI=1S/C14H9N3/c15-8-11-3-1-2-4-13(11)10-5-6-14-12(7-10)9-16-17-14/h1-7,9H,(H,16,17). The summed E-state index contributed by atoms with van der Waals surface area (Å²) in [7, 11) is 0. The quantitative estimate of drug-likeness (QED) is 0.683. The van der Waals surface area contributed by atoms with E-state index in [0.29, 0.717) is 5.56 Å². The van der Waals surface area contributed by atoms with Gasteiger partial charge in [0.1, 0.15) is 0 Å². The number of nitrogens with zero attached hydrogens (tertiary/aromatic N) is 2. The van der Waals surface area contributed by atoms with E-state index >= 15 is 0 Å². The van der Waals surface area contributed by atoms with Crippen LogP contribution in [0.4, 0.5) is 0 Å². The van der Waals surface area contributed by atoms with Crippen LogP contribution in [0.25, 0.3) is 22.0 Å². The Hall–Kier alpha value is -2.60. The molecule has 0 spiro atoms. The number of H-pyrrole nitrogens is 1. The zero-order valence-electron chi connectivity index (χ0n) is 9.01. The van der Waals surface area contributed by atoms with E-state index in [1.165, 1.54) is 0 Å². The number of rotatable bonds is 1. The summed E-state index contributed by atoms with van der Waals surface area (Å²) in [6, 6.07) is 15.8. The summed E-state index contributed by atoms with van der Waals surface area (Å²) in [4.78, 5) is 0. The fourth-order valence-electron chi connectivity index (χ4n) is 1.94. The molecule has 0 bridgehead atoms. The molecule has 3 rings (SSSR count). The molecule has 0 unspecified atom stereocenters. The van der Waals surface area contributed by atoms with Crippen LogP contribution in [0, 0.1) is 11.3 Å². The molecule has 0 saturated heterocycles. The first-order chi connectivity index (χ1) is 8.38. The molecule has 0 atom stereocenters. The molecule has 1 aromatic heterocycles. The number of fused-ring (bicyclic) bond motifs is 1. The summed E-state index contributed by atoms with van der Waals surface area (Å²) in [5.74, 6) is 0. The Morgan fingerprint density at radius 3 is 2.88 bits per heavy atom. The van der Waals surface area contributed by atoms with Gasteiger partial charge in [-0.3, -0.25) is 5.10 Å². The van der Waals surface area contributed by atoms with Crippen LogP contribution in [0.15, 0.2) is 48.7 Å². The molecule has 0 fully saturated rings. The predicted octanol–water partition coefficient (Wildman–Crippen LogP) is 3.10. The molecular formula is C14H9N3. The van der Waals surface area contributed by atoms with Crippen molar-refractivity contribution in [2.24, 2.45) is 0 Å². The van der Waals surface area contributed by atoms with Crippen molar-refractivity contribution in [3.63, 3.8) is 0 Å². The lowest BCUT2D eigenvalue weighted by molar-refractivity contribution is 1.12. The number of nitriles is 1. The summed E-state index contributed by atoms with van der Waals surface area (Å²) in [5.41, 5.74) is 3.69. The summed E-state index contributed by atoms with van der Waals surface area (Å²) >= 11 is 0. The molecule has 3 heteroatoms. The highest BCUT2D eigenvalue weighted by Crippen LogP contribution is 2.25. The minimum absolute atomic E-state index is 0.690. The number of hydrogen-bond donors (Lipinski definition) is 1. The molecule has 17 heavy (non-hydrogen) atoms. The normalized spacial score (nSPS) is 10.3. The molecule has 2 aromatic carbocycles. The molecule has 0 aliphatic heterocycles. The highest BCUT2D eigenvalue weighted by molar-refractivity contribution is 5.85. The molecule has 0 aliphatic carbocycles. The van der Waals surface area contributed by atoms with Crippen LogP contribution >= 0.6 is 0 Å². The van der Waals surface area contributed by atoms with E-state index in [9.17, 15) is 0 Å². The van der Waals surface area contributed by atoms with Gasteiger partial charge in [-0.2, -0.15) is 10.4 Å². The number of aromatic nitrogens is 2. The summed E-state index contributed by atoms with van der Waals surface area (Å²) < 4.78 is 0. The molecule has 80 valence electrons. The number of nitrogens with one attached hydrogen (secondary N) is 1. The lowest BCUT2D eigenvalue weighted by Crippen LogP contribution is -1.83. The summed E-state index contributed by atoms with van der Waals surface area (Å²) in [6.45, 7) is 0. The van der Waals surface area contributed by atoms with Gasteiger partial charge in [0.15, 0.2) is 0 Å². The first-order valence-electron chi connectivity index (χ1n) is 5.31. The Balaban J connectivity index is 2.23. The Morgan fingerprint density at radius 2 is 2.00 bits per heavy atom. The first kappa shape index (κ1) is 9.61. The van der Waals surface area contributed by atoms with Gasteiger partial charge in [0.2, 0.25) is 0 Å². The van der Waals surface area contributed by atoms with Crippen molar-refractivity contribution in [2.75, 3.05) is 0 Å². The maximum Gasteiger partial charge on any atom is 0.0998 e. The fraction of sp³-hybridized carbons (Fsp3) is 0. The van der Waals surface area contributed by atoms with E-state index in [1.54, 1.807) is 6.20 Å². The van der Waals surface area contributed by atoms with Crippen molar-refractivity contribution in [1.82, 2.24) is 10.2 Å². The third-order valence-electron chi connectivity index (χ3n) is 2.80. The molecule has 0 aliphatic rings. The van der Waals surface area contributed by atoms with Crippen molar-refractivity contribution in [1.29, 1.82) is 5.26 Å². The van der Waals surface area contributed by atoms with Gasteiger partial charge in [-0.1, -0.05) is 24.3 Å².